The normalized spacial score (nSPS) is 19.2. The van der Waals surface area contributed by atoms with E-state index in [1.165, 1.54) is 11.3 Å². The smallest absolute Gasteiger partial charge is 0.230 e. The number of aryl methyl sites for hydroxylation is 2. The Morgan fingerprint density at radius 1 is 1.36 bits per heavy atom. The van der Waals surface area contributed by atoms with Gasteiger partial charge in [-0.25, -0.2) is 8.42 Å². The summed E-state index contributed by atoms with van der Waals surface area (Å²) in [5.41, 5.74) is 2.44. The summed E-state index contributed by atoms with van der Waals surface area (Å²) in [5.74, 6) is 0.136. The van der Waals surface area contributed by atoms with Crippen molar-refractivity contribution in [2.45, 2.75) is 46.1 Å². The molecule has 3 rings (SSSR count). The largest absolute Gasteiger partial charge is 0.300 e. The average molecular weight is 383 g/mol. The Balaban J connectivity index is 1.73. The summed E-state index contributed by atoms with van der Waals surface area (Å²) < 4.78 is 25.2. The van der Waals surface area contributed by atoms with Gasteiger partial charge in [0, 0.05) is 11.3 Å². The van der Waals surface area contributed by atoms with Gasteiger partial charge in [0.1, 0.15) is 5.01 Å². The molecule has 1 aliphatic rings. The van der Waals surface area contributed by atoms with Gasteiger partial charge in [0.25, 0.3) is 0 Å². The molecule has 1 atom stereocenters. The molecule has 25 heavy (non-hydrogen) atoms. The van der Waals surface area contributed by atoms with Crippen LogP contribution in [0.15, 0.2) is 0 Å². The maximum absolute atomic E-state index is 12.3. The highest BCUT2D eigenvalue weighted by Gasteiger charge is 2.31. The van der Waals surface area contributed by atoms with Crippen LogP contribution in [0.5, 0.6) is 0 Å². The number of aromatic nitrogens is 4. The van der Waals surface area contributed by atoms with Gasteiger partial charge in [-0.05, 0) is 26.7 Å². The predicted octanol–water partition coefficient (Wildman–Crippen LogP) is 1.45. The third-order valence-electron chi connectivity index (χ3n) is 4.38. The van der Waals surface area contributed by atoms with Crippen molar-refractivity contribution in [1.82, 2.24) is 20.0 Å². The van der Waals surface area contributed by atoms with Crippen molar-refractivity contribution in [3.05, 3.63) is 22.0 Å². The van der Waals surface area contributed by atoms with Crippen molar-refractivity contribution in [3.8, 4) is 0 Å². The number of sulfone groups is 1. The molecule has 10 heteroatoms. The van der Waals surface area contributed by atoms with Gasteiger partial charge in [-0.2, -0.15) is 5.10 Å². The first kappa shape index (κ1) is 18.0. The van der Waals surface area contributed by atoms with E-state index < -0.39 is 9.84 Å². The fourth-order valence-corrected chi connectivity index (χ4v) is 5.44. The van der Waals surface area contributed by atoms with Crippen LogP contribution in [0.3, 0.4) is 0 Å². The highest BCUT2D eigenvalue weighted by molar-refractivity contribution is 7.91. The molecule has 0 saturated carbocycles. The second-order valence-electron chi connectivity index (χ2n) is 6.23. The van der Waals surface area contributed by atoms with Crippen molar-refractivity contribution < 1.29 is 13.2 Å². The fourth-order valence-electron chi connectivity index (χ4n) is 3.05. The Morgan fingerprint density at radius 2 is 2.12 bits per heavy atom. The molecule has 0 aromatic carbocycles. The first-order chi connectivity index (χ1) is 11.8. The summed E-state index contributed by atoms with van der Waals surface area (Å²) in [4.78, 5) is 12.3. The van der Waals surface area contributed by atoms with Crippen LogP contribution in [0, 0.1) is 13.8 Å². The number of anilines is 1. The topological polar surface area (TPSA) is 107 Å². The van der Waals surface area contributed by atoms with Crippen LogP contribution in [0.2, 0.25) is 0 Å². The van der Waals surface area contributed by atoms with Gasteiger partial charge in [-0.3, -0.25) is 9.48 Å². The zero-order valence-electron chi connectivity index (χ0n) is 14.4. The van der Waals surface area contributed by atoms with E-state index in [4.69, 9.17) is 0 Å². The molecular formula is C15H21N5O3S2. The van der Waals surface area contributed by atoms with Crippen molar-refractivity contribution in [3.63, 3.8) is 0 Å². The maximum Gasteiger partial charge on any atom is 0.230 e. The number of carbonyl (C=O) groups excluding carboxylic acids is 1. The lowest BCUT2D eigenvalue weighted by molar-refractivity contribution is -0.115. The molecule has 1 amide bonds. The van der Waals surface area contributed by atoms with Gasteiger partial charge < -0.3 is 5.32 Å². The van der Waals surface area contributed by atoms with Crippen LogP contribution in [0.4, 0.5) is 5.13 Å². The Morgan fingerprint density at radius 3 is 2.72 bits per heavy atom. The number of nitrogens with one attached hydrogen (secondary N) is 1. The zero-order valence-corrected chi connectivity index (χ0v) is 16.1. The molecule has 0 spiro atoms. The third-order valence-corrected chi connectivity index (χ3v) is 7.12. The van der Waals surface area contributed by atoms with E-state index in [9.17, 15) is 13.2 Å². The summed E-state index contributed by atoms with van der Waals surface area (Å²) in [5, 5.41) is 16.5. The molecule has 0 aliphatic carbocycles. The minimum atomic E-state index is -2.98. The molecule has 2 aromatic rings. The van der Waals surface area contributed by atoms with Crippen LogP contribution in [-0.2, 0) is 27.5 Å². The number of nitrogens with zero attached hydrogens (tertiary/aromatic N) is 4. The van der Waals surface area contributed by atoms with Crippen LogP contribution in [0.1, 0.15) is 41.3 Å². The van der Waals surface area contributed by atoms with Gasteiger partial charge >= 0.3 is 0 Å². The lowest BCUT2D eigenvalue weighted by Crippen LogP contribution is -2.16. The van der Waals surface area contributed by atoms with E-state index in [0.717, 1.165) is 28.4 Å². The molecule has 0 bridgehead atoms. The van der Waals surface area contributed by atoms with Gasteiger partial charge in [0.2, 0.25) is 11.0 Å². The van der Waals surface area contributed by atoms with Gasteiger partial charge in [-0.1, -0.05) is 18.3 Å². The number of hydrogen-bond acceptors (Lipinski definition) is 7. The molecule has 136 valence electrons. The molecule has 1 saturated heterocycles. The Labute approximate surface area is 150 Å². The highest BCUT2D eigenvalue weighted by Crippen LogP contribution is 2.27. The second-order valence-corrected chi connectivity index (χ2v) is 9.52. The zero-order chi connectivity index (χ0) is 18.2. The van der Waals surface area contributed by atoms with Gasteiger partial charge in [0.05, 0.1) is 29.7 Å². The molecule has 1 aliphatic heterocycles. The number of hydrogen-bond donors (Lipinski definition) is 1. The van der Waals surface area contributed by atoms with Gasteiger partial charge in [-0.15, -0.1) is 10.2 Å². The molecule has 3 heterocycles. The summed E-state index contributed by atoms with van der Waals surface area (Å²) in [6, 6.07) is -0.143. The molecular weight excluding hydrogens is 362 g/mol. The average Bonchev–Trinajstić information content (AvgIpc) is 3.21. The van der Waals surface area contributed by atoms with E-state index in [0.29, 0.717) is 11.6 Å². The van der Waals surface area contributed by atoms with Crippen molar-refractivity contribution in [1.29, 1.82) is 0 Å². The van der Waals surface area contributed by atoms with Crippen molar-refractivity contribution in [2.24, 2.45) is 0 Å². The lowest BCUT2D eigenvalue weighted by Gasteiger charge is -2.11. The van der Waals surface area contributed by atoms with E-state index in [-0.39, 0.29) is 29.9 Å². The van der Waals surface area contributed by atoms with Gasteiger partial charge in [0.15, 0.2) is 9.84 Å². The van der Waals surface area contributed by atoms with Crippen LogP contribution >= 0.6 is 11.3 Å². The van der Waals surface area contributed by atoms with Crippen LogP contribution < -0.4 is 5.32 Å². The summed E-state index contributed by atoms with van der Waals surface area (Å²) in [6.45, 7) is 5.71. The van der Waals surface area contributed by atoms with Crippen molar-refractivity contribution >= 4 is 32.2 Å². The predicted molar refractivity (Wildman–Crippen MR) is 95.6 cm³/mol. The minimum Gasteiger partial charge on any atom is -0.300 e. The van der Waals surface area contributed by atoms with Crippen LogP contribution in [0.25, 0.3) is 0 Å². The quantitative estimate of drug-likeness (QED) is 0.837. The first-order valence-corrected chi connectivity index (χ1v) is 10.8. The van der Waals surface area contributed by atoms with E-state index >= 15 is 0 Å². The highest BCUT2D eigenvalue weighted by atomic mass is 32.2. The molecule has 1 fully saturated rings. The van der Waals surface area contributed by atoms with E-state index in [1.54, 1.807) is 4.68 Å². The summed E-state index contributed by atoms with van der Waals surface area (Å²) >= 11 is 1.36. The molecule has 0 unspecified atom stereocenters. The number of amides is 1. The lowest BCUT2D eigenvalue weighted by atomic mass is 10.1. The summed E-state index contributed by atoms with van der Waals surface area (Å²) in [7, 11) is -2.98. The number of carbonyl (C=O) groups is 1. The standard InChI is InChI=1S/C15H21N5O3S2/c1-4-14-17-18-15(24-14)16-13(21)7-12-9(2)19-20(10(12)3)11-5-6-25(22,23)8-11/h11H,4-8H2,1-3H3,(H,16,18,21)/t11-/m0/s1. The Hall–Kier alpha value is -1.81. The van der Waals surface area contributed by atoms with E-state index in [2.05, 4.69) is 20.6 Å². The monoisotopic (exact) mass is 383 g/mol. The fraction of sp³-hybridized carbons (Fsp3) is 0.600. The van der Waals surface area contributed by atoms with E-state index in [1.807, 2.05) is 20.8 Å². The molecule has 1 N–H and O–H groups in total. The Kier molecular flexibility index (Phi) is 4.92. The number of rotatable bonds is 5. The third kappa shape index (κ3) is 3.90. The minimum absolute atomic E-state index is 0.116. The molecule has 2 aromatic heterocycles. The first-order valence-electron chi connectivity index (χ1n) is 8.16. The molecule has 0 radical (unpaired) electrons. The van der Waals surface area contributed by atoms with Crippen molar-refractivity contribution in [2.75, 3.05) is 16.8 Å². The SMILES string of the molecule is CCc1nnc(NC(=O)Cc2c(C)nn([C@H]3CCS(=O)(=O)C3)c2C)s1. The second kappa shape index (κ2) is 6.83. The maximum atomic E-state index is 12.3. The molecule has 8 nitrogen and oxygen atoms in total. The Bertz CT molecular complexity index is 900. The summed E-state index contributed by atoms with van der Waals surface area (Å²) in [6.07, 6.45) is 1.53. The van der Waals surface area contributed by atoms with Crippen LogP contribution in [-0.4, -0.2) is 45.8 Å².